The maximum atomic E-state index is 14.6. The lowest BCUT2D eigenvalue weighted by Gasteiger charge is -2.48. The van der Waals surface area contributed by atoms with Gasteiger partial charge in [-0.2, -0.15) is 9.28 Å². The SMILES string of the molecule is O=C(O)CCCC1(N[C@H]2c3cc(F)ccc3[N+](Cc3ccccc3)(C(=O)O)[C@H]3CCC[C@H]23)CC1. The molecular formula is C27H32FN2O4+. The molecule has 6 nitrogen and oxygen atoms in total. The van der Waals surface area contributed by atoms with E-state index in [1.54, 1.807) is 6.07 Å². The van der Waals surface area contributed by atoms with Crippen LogP contribution in [0.4, 0.5) is 14.9 Å². The van der Waals surface area contributed by atoms with Crippen LogP contribution in [0.3, 0.4) is 0 Å². The highest BCUT2D eigenvalue weighted by Crippen LogP contribution is 2.55. The van der Waals surface area contributed by atoms with E-state index in [-0.39, 0.29) is 40.3 Å². The number of nitrogens with one attached hydrogen (secondary N) is 1. The zero-order chi connectivity index (χ0) is 23.9. The van der Waals surface area contributed by atoms with E-state index in [4.69, 9.17) is 5.11 Å². The van der Waals surface area contributed by atoms with E-state index in [9.17, 15) is 19.1 Å². The lowest BCUT2D eigenvalue weighted by molar-refractivity contribution is -0.137. The highest BCUT2D eigenvalue weighted by atomic mass is 19.1. The number of carboxylic acids is 1. The Labute approximate surface area is 199 Å². The standard InChI is InChI=1S/C27H31FN2O4/c28-19-11-12-23-21(16-19)25(29-27(14-15-27)13-5-10-24(31)32)20-8-4-9-22(20)30(23,26(33)34)17-18-6-2-1-3-7-18/h1-3,6-7,11-12,16,20,22,25,29H,4-5,8-10,13-15,17H2,(H-,31,32,33,34)/p+1/t20-,22-,25+,30?/m0/s1. The van der Waals surface area contributed by atoms with Crippen molar-refractivity contribution in [1.82, 2.24) is 9.80 Å². The summed E-state index contributed by atoms with van der Waals surface area (Å²) in [4.78, 5) is 24.1. The molecule has 0 saturated heterocycles. The van der Waals surface area contributed by atoms with E-state index in [0.717, 1.165) is 49.7 Å². The molecule has 0 aromatic heterocycles. The van der Waals surface area contributed by atoms with Crippen LogP contribution in [0.25, 0.3) is 0 Å². The van der Waals surface area contributed by atoms with Gasteiger partial charge in [0.15, 0.2) is 0 Å². The van der Waals surface area contributed by atoms with Gasteiger partial charge in [0.25, 0.3) is 0 Å². The van der Waals surface area contributed by atoms with Crippen LogP contribution >= 0.6 is 0 Å². The number of benzene rings is 2. The molecule has 0 spiro atoms. The summed E-state index contributed by atoms with van der Waals surface area (Å²) in [5, 5.41) is 23.6. The second kappa shape index (κ2) is 8.78. The molecule has 2 aliphatic carbocycles. The Bertz CT molecular complexity index is 1090. The van der Waals surface area contributed by atoms with Crippen molar-refractivity contribution in [3.8, 4) is 0 Å². The van der Waals surface area contributed by atoms with Crippen molar-refractivity contribution in [1.29, 1.82) is 0 Å². The van der Waals surface area contributed by atoms with Gasteiger partial charge in [-0.3, -0.25) is 4.79 Å². The lowest BCUT2D eigenvalue weighted by atomic mass is 9.79. The van der Waals surface area contributed by atoms with Gasteiger partial charge >= 0.3 is 12.1 Å². The Kier molecular flexibility index (Phi) is 5.94. The summed E-state index contributed by atoms with van der Waals surface area (Å²) < 4.78 is 14.4. The van der Waals surface area contributed by atoms with Gasteiger partial charge in [-0.15, -0.1) is 0 Å². The van der Waals surface area contributed by atoms with Gasteiger partial charge in [0.05, 0.1) is 0 Å². The number of amides is 1. The molecule has 34 heavy (non-hydrogen) atoms. The number of hydrogen-bond donors (Lipinski definition) is 3. The van der Waals surface area contributed by atoms with E-state index in [1.165, 1.54) is 12.1 Å². The number of carboxylic acid groups (broad SMARTS) is 2. The van der Waals surface area contributed by atoms with Crippen molar-refractivity contribution < 1.29 is 24.2 Å². The first-order valence-electron chi connectivity index (χ1n) is 12.3. The van der Waals surface area contributed by atoms with Gasteiger partial charge in [0, 0.05) is 47.5 Å². The summed E-state index contributed by atoms with van der Waals surface area (Å²) in [6, 6.07) is 14.0. The maximum absolute atomic E-state index is 14.6. The number of rotatable bonds is 8. The molecule has 180 valence electrons. The predicted octanol–water partition coefficient (Wildman–Crippen LogP) is 5.61. The Morgan fingerprint density at radius 2 is 1.85 bits per heavy atom. The molecule has 0 radical (unpaired) electrons. The van der Waals surface area contributed by atoms with Gasteiger partial charge in [0.2, 0.25) is 0 Å². The van der Waals surface area contributed by atoms with Crippen molar-refractivity contribution in [3.05, 3.63) is 65.5 Å². The van der Waals surface area contributed by atoms with Crippen LogP contribution in [0.2, 0.25) is 0 Å². The molecule has 1 unspecified atom stereocenters. The molecule has 3 aliphatic rings. The van der Waals surface area contributed by atoms with Crippen molar-refractivity contribution in [2.45, 2.75) is 75.5 Å². The van der Waals surface area contributed by atoms with E-state index in [0.29, 0.717) is 18.7 Å². The quantitative estimate of drug-likeness (QED) is 0.439. The Hall–Kier alpha value is -2.77. The molecule has 2 aromatic rings. The Morgan fingerprint density at radius 1 is 1.09 bits per heavy atom. The van der Waals surface area contributed by atoms with Crippen molar-refractivity contribution in [2.75, 3.05) is 0 Å². The van der Waals surface area contributed by atoms with E-state index >= 15 is 0 Å². The van der Waals surface area contributed by atoms with E-state index < -0.39 is 12.1 Å². The molecule has 1 amide bonds. The lowest BCUT2D eigenvalue weighted by Crippen LogP contribution is -2.65. The first-order chi connectivity index (χ1) is 16.3. The summed E-state index contributed by atoms with van der Waals surface area (Å²) in [6.07, 6.45) is 5.19. The fraction of sp³-hybridized carbons (Fsp3) is 0.481. The highest BCUT2D eigenvalue weighted by Gasteiger charge is 2.60. The zero-order valence-electron chi connectivity index (χ0n) is 19.3. The molecule has 4 atom stereocenters. The minimum atomic E-state index is -0.894. The highest BCUT2D eigenvalue weighted by molar-refractivity contribution is 5.84. The average molecular weight is 468 g/mol. The van der Waals surface area contributed by atoms with Crippen molar-refractivity contribution in [3.63, 3.8) is 0 Å². The van der Waals surface area contributed by atoms with Crippen LogP contribution in [0.15, 0.2) is 48.5 Å². The molecule has 1 aliphatic heterocycles. The summed E-state index contributed by atoms with van der Waals surface area (Å²) in [5.41, 5.74) is 2.22. The van der Waals surface area contributed by atoms with E-state index in [1.807, 2.05) is 30.3 Å². The van der Waals surface area contributed by atoms with Crippen molar-refractivity contribution >= 4 is 17.7 Å². The molecule has 1 heterocycles. The van der Waals surface area contributed by atoms with Crippen LogP contribution in [0, 0.1) is 11.7 Å². The predicted molar refractivity (Wildman–Crippen MR) is 127 cm³/mol. The summed E-state index contributed by atoms with van der Waals surface area (Å²) in [6.45, 7) is 0.326. The molecule has 2 aromatic carbocycles. The third-order valence-corrected chi connectivity index (χ3v) is 8.26. The van der Waals surface area contributed by atoms with E-state index in [2.05, 4.69) is 5.32 Å². The normalized spacial score (nSPS) is 28.7. The molecule has 2 fully saturated rings. The Balaban J connectivity index is 1.56. The van der Waals surface area contributed by atoms with Gasteiger partial charge in [-0.1, -0.05) is 30.3 Å². The second-order valence-electron chi connectivity index (χ2n) is 10.3. The second-order valence-corrected chi connectivity index (χ2v) is 10.3. The minimum absolute atomic E-state index is 0.0751. The molecule has 5 rings (SSSR count). The number of fused-ring (bicyclic) bond motifs is 2. The van der Waals surface area contributed by atoms with Gasteiger partial charge in [-0.25, -0.2) is 4.39 Å². The van der Waals surface area contributed by atoms with Gasteiger partial charge in [0.1, 0.15) is 24.1 Å². The first-order valence-corrected chi connectivity index (χ1v) is 12.3. The minimum Gasteiger partial charge on any atom is -0.481 e. The Morgan fingerprint density at radius 3 is 2.53 bits per heavy atom. The summed E-state index contributed by atoms with van der Waals surface area (Å²) in [7, 11) is 0. The third-order valence-electron chi connectivity index (χ3n) is 8.26. The molecule has 0 bridgehead atoms. The number of aliphatic carboxylic acids is 1. The van der Waals surface area contributed by atoms with Gasteiger partial charge < -0.3 is 15.5 Å². The number of carbonyl (C=O) groups is 2. The van der Waals surface area contributed by atoms with Gasteiger partial charge in [-0.05, 0) is 50.7 Å². The number of hydrogen-bond acceptors (Lipinski definition) is 3. The topological polar surface area (TPSA) is 86.6 Å². The largest absolute Gasteiger partial charge is 0.519 e. The molecule has 7 heteroatoms. The molecule has 2 saturated carbocycles. The fourth-order valence-electron chi connectivity index (χ4n) is 6.55. The first kappa shape index (κ1) is 23.0. The zero-order valence-corrected chi connectivity index (χ0v) is 19.3. The van der Waals surface area contributed by atoms with Crippen LogP contribution < -0.4 is 9.80 Å². The summed E-state index contributed by atoms with van der Waals surface area (Å²) >= 11 is 0. The average Bonchev–Trinajstić information content (AvgIpc) is 3.38. The smallest absolute Gasteiger partial charge is 0.481 e. The fourth-order valence-corrected chi connectivity index (χ4v) is 6.55. The van der Waals surface area contributed by atoms with Crippen LogP contribution in [-0.4, -0.2) is 33.9 Å². The third kappa shape index (κ3) is 4.01. The number of halogens is 1. The van der Waals surface area contributed by atoms with Crippen LogP contribution in [0.5, 0.6) is 0 Å². The number of quaternary nitrogens is 1. The maximum Gasteiger partial charge on any atom is 0.519 e. The number of nitrogens with zero attached hydrogens (tertiary/aromatic N) is 1. The monoisotopic (exact) mass is 467 g/mol. The van der Waals surface area contributed by atoms with Crippen LogP contribution in [0.1, 0.15) is 68.5 Å². The molecular weight excluding hydrogens is 435 g/mol. The van der Waals surface area contributed by atoms with Crippen molar-refractivity contribution in [2.24, 2.45) is 5.92 Å². The van der Waals surface area contributed by atoms with Crippen LogP contribution in [-0.2, 0) is 11.3 Å². The summed E-state index contributed by atoms with van der Waals surface area (Å²) in [5.74, 6) is -1.08. The molecule has 3 N–H and O–H groups in total.